The summed E-state index contributed by atoms with van der Waals surface area (Å²) in [6, 6.07) is 3.44. The number of halogens is 1. The molecule has 1 saturated heterocycles. The molecule has 5 nitrogen and oxygen atoms in total. The average molecular weight is 285 g/mol. The van der Waals surface area contributed by atoms with Gasteiger partial charge in [-0.25, -0.2) is 12.8 Å². The van der Waals surface area contributed by atoms with Gasteiger partial charge in [-0.3, -0.25) is 4.79 Å². The molecule has 1 aromatic rings. The summed E-state index contributed by atoms with van der Waals surface area (Å²) in [6.45, 7) is 0.237. The minimum Gasteiger partial charge on any atom is -0.480 e. The van der Waals surface area contributed by atoms with Crippen LogP contribution < -0.4 is 0 Å². The fourth-order valence-corrected chi connectivity index (χ4v) is 4.41. The number of rotatable bonds is 3. The lowest BCUT2D eigenvalue weighted by molar-refractivity contribution is -0.141. The highest BCUT2D eigenvalue weighted by molar-refractivity contribution is 7.89. The van der Waals surface area contributed by atoms with Crippen molar-refractivity contribution >= 4 is 16.0 Å². The number of benzene rings is 1. The Bertz CT molecular complexity index is 628. The van der Waals surface area contributed by atoms with Gasteiger partial charge in [-0.1, -0.05) is 0 Å². The van der Waals surface area contributed by atoms with Crippen LogP contribution in [0.2, 0.25) is 0 Å². The Labute approximate surface area is 109 Å². The standard InChI is InChI=1S/C12H12FNO4S/c13-8-1-3-9(4-2-8)19(17,18)14-6-7-5-10(7)11(14)12(15)16/h1-4,7,10-11H,5-6H2,(H,15,16)/t7-,10-,11-/m0/s1. The van der Waals surface area contributed by atoms with Crippen LogP contribution in [-0.4, -0.2) is 36.4 Å². The van der Waals surface area contributed by atoms with Crippen LogP contribution in [0, 0.1) is 17.7 Å². The molecular formula is C12H12FNO4S. The van der Waals surface area contributed by atoms with E-state index in [-0.39, 0.29) is 23.3 Å². The summed E-state index contributed by atoms with van der Waals surface area (Å²) in [7, 11) is -3.87. The number of nitrogens with zero attached hydrogens (tertiary/aromatic N) is 1. The molecule has 1 aliphatic heterocycles. The van der Waals surface area contributed by atoms with Crippen LogP contribution in [0.5, 0.6) is 0 Å². The molecule has 0 amide bonds. The number of hydrogen-bond acceptors (Lipinski definition) is 3. The van der Waals surface area contributed by atoms with Gasteiger partial charge in [0.05, 0.1) is 4.90 Å². The Hall–Kier alpha value is -1.47. The second kappa shape index (κ2) is 4.01. The molecule has 1 saturated carbocycles. The number of carbonyl (C=O) groups is 1. The van der Waals surface area contributed by atoms with Gasteiger partial charge >= 0.3 is 5.97 Å². The van der Waals surface area contributed by atoms with Gasteiger partial charge < -0.3 is 5.11 Å². The van der Waals surface area contributed by atoms with Gasteiger partial charge in [-0.2, -0.15) is 4.31 Å². The summed E-state index contributed by atoms with van der Waals surface area (Å²) in [6.07, 6.45) is 0.770. The molecule has 0 bridgehead atoms. The molecule has 0 unspecified atom stereocenters. The van der Waals surface area contributed by atoms with E-state index < -0.39 is 27.9 Å². The zero-order valence-corrected chi connectivity index (χ0v) is 10.7. The number of carboxylic acid groups (broad SMARTS) is 1. The number of sulfonamides is 1. The van der Waals surface area contributed by atoms with Crippen molar-refractivity contribution in [3.63, 3.8) is 0 Å². The Kier molecular flexibility index (Phi) is 2.65. The third-order valence-corrected chi connectivity index (χ3v) is 5.64. The molecule has 3 rings (SSSR count). The lowest BCUT2D eigenvalue weighted by atomic mass is 10.2. The van der Waals surface area contributed by atoms with E-state index in [2.05, 4.69) is 0 Å². The van der Waals surface area contributed by atoms with Crippen molar-refractivity contribution in [2.75, 3.05) is 6.54 Å². The van der Waals surface area contributed by atoms with E-state index in [1.807, 2.05) is 0 Å². The normalized spacial score (nSPS) is 30.1. The van der Waals surface area contributed by atoms with Gasteiger partial charge in [0.15, 0.2) is 0 Å². The predicted molar refractivity (Wildman–Crippen MR) is 63.3 cm³/mol. The van der Waals surface area contributed by atoms with E-state index in [0.717, 1.165) is 35.0 Å². The Balaban J connectivity index is 1.96. The molecule has 1 N–H and O–H groups in total. The molecule has 2 aliphatic rings. The molecule has 0 spiro atoms. The molecule has 0 aromatic heterocycles. The molecule has 2 fully saturated rings. The highest BCUT2D eigenvalue weighted by Crippen LogP contribution is 2.51. The van der Waals surface area contributed by atoms with Gasteiger partial charge in [0.25, 0.3) is 0 Å². The van der Waals surface area contributed by atoms with Crippen molar-refractivity contribution in [1.82, 2.24) is 4.31 Å². The van der Waals surface area contributed by atoms with Gasteiger partial charge in [0.1, 0.15) is 11.9 Å². The van der Waals surface area contributed by atoms with Crippen LogP contribution in [0.1, 0.15) is 6.42 Å². The summed E-state index contributed by atoms with van der Waals surface area (Å²) in [5, 5.41) is 9.17. The fraction of sp³-hybridized carbons (Fsp3) is 0.417. The quantitative estimate of drug-likeness (QED) is 0.896. The SMILES string of the molecule is O=C(O)[C@@H]1[C@H]2C[C@H]2CN1S(=O)(=O)c1ccc(F)cc1. The largest absolute Gasteiger partial charge is 0.480 e. The predicted octanol–water partition coefficient (Wildman–Crippen LogP) is 0.919. The van der Waals surface area contributed by atoms with Gasteiger partial charge in [-0.15, -0.1) is 0 Å². The second-order valence-electron chi connectivity index (χ2n) is 4.97. The minimum atomic E-state index is -3.87. The van der Waals surface area contributed by atoms with E-state index in [0.29, 0.717) is 0 Å². The maximum atomic E-state index is 12.8. The highest BCUT2D eigenvalue weighted by Gasteiger charge is 2.59. The van der Waals surface area contributed by atoms with Gasteiger partial charge in [0, 0.05) is 6.54 Å². The maximum absolute atomic E-state index is 12.8. The molecule has 102 valence electrons. The van der Waals surface area contributed by atoms with E-state index in [1.165, 1.54) is 0 Å². The first-order chi connectivity index (χ1) is 8.91. The Morgan fingerprint density at radius 1 is 1.32 bits per heavy atom. The smallest absolute Gasteiger partial charge is 0.322 e. The molecule has 1 aliphatic carbocycles. The summed E-state index contributed by atoms with van der Waals surface area (Å²) < 4.78 is 38.6. The van der Waals surface area contributed by atoms with Crippen molar-refractivity contribution in [1.29, 1.82) is 0 Å². The lowest BCUT2D eigenvalue weighted by Crippen LogP contribution is -2.43. The molecular weight excluding hydrogens is 273 g/mol. The Morgan fingerprint density at radius 3 is 2.53 bits per heavy atom. The van der Waals surface area contributed by atoms with Crippen LogP contribution in [0.15, 0.2) is 29.2 Å². The van der Waals surface area contributed by atoms with Crippen LogP contribution >= 0.6 is 0 Å². The topological polar surface area (TPSA) is 74.7 Å². The van der Waals surface area contributed by atoms with Crippen LogP contribution in [-0.2, 0) is 14.8 Å². The van der Waals surface area contributed by atoms with Gasteiger partial charge in [0.2, 0.25) is 10.0 Å². The van der Waals surface area contributed by atoms with Crippen molar-refractivity contribution in [2.45, 2.75) is 17.4 Å². The van der Waals surface area contributed by atoms with Crippen molar-refractivity contribution in [2.24, 2.45) is 11.8 Å². The van der Waals surface area contributed by atoms with Crippen LogP contribution in [0.3, 0.4) is 0 Å². The van der Waals surface area contributed by atoms with E-state index in [1.54, 1.807) is 0 Å². The molecule has 1 aromatic carbocycles. The van der Waals surface area contributed by atoms with Gasteiger partial charge in [-0.05, 0) is 42.5 Å². The Morgan fingerprint density at radius 2 is 1.95 bits per heavy atom. The van der Waals surface area contributed by atoms with Crippen molar-refractivity contribution in [3.05, 3.63) is 30.1 Å². The van der Waals surface area contributed by atoms with Crippen molar-refractivity contribution in [3.8, 4) is 0 Å². The van der Waals surface area contributed by atoms with Crippen LogP contribution in [0.4, 0.5) is 4.39 Å². The van der Waals surface area contributed by atoms with Crippen LogP contribution in [0.25, 0.3) is 0 Å². The van der Waals surface area contributed by atoms with E-state index >= 15 is 0 Å². The first-order valence-electron chi connectivity index (χ1n) is 5.91. The number of hydrogen-bond donors (Lipinski definition) is 1. The fourth-order valence-electron chi connectivity index (χ4n) is 2.72. The second-order valence-corrected chi connectivity index (χ2v) is 6.86. The molecule has 7 heteroatoms. The third-order valence-electron chi connectivity index (χ3n) is 3.78. The van der Waals surface area contributed by atoms with E-state index in [9.17, 15) is 17.6 Å². The summed E-state index contributed by atoms with van der Waals surface area (Å²) in [4.78, 5) is 11.1. The van der Waals surface area contributed by atoms with E-state index in [4.69, 9.17) is 5.11 Å². The number of fused-ring (bicyclic) bond motifs is 1. The first-order valence-corrected chi connectivity index (χ1v) is 7.35. The lowest BCUT2D eigenvalue weighted by Gasteiger charge is -2.23. The highest BCUT2D eigenvalue weighted by atomic mass is 32.2. The number of aliphatic carboxylic acids is 1. The first kappa shape index (κ1) is 12.6. The monoisotopic (exact) mass is 285 g/mol. The number of piperidine rings is 1. The maximum Gasteiger partial charge on any atom is 0.322 e. The summed E-state index contributed by atoms with van der Waals surface area (Å²) in [5.74, 6) is -1.57. The molecule has 19 heavy (non-hydrogen) atoms. The third kappa shape index (κ3) is 1.93. The zero-order chi connectivity index (χ0) is 13.8. The summed E-state index contributed by atoms with van der Waals surface area (Å²) >= 11 is 0. The molecule has 3 atom stereocenters. The molecule has 0 radical (unpaired) electrons. The summed E-state index contributed by atoms with van der Waals surface area (Å²) in [5.41, 5.74) is 0. The zero-order valence-electron chi connectivity index (χ0n) is 9.86. The average Bonchev–Trinajstić information content (AvgIpc) is 2.99. The number of carboxylic acids is 1. The minimum absolute atomic E-state index is 0.0681. The van der Waals surface area contributed by atoms with Crippen molar-refractivity contribution < 1.29 is 22.7 Å². The molecule has 1 heterocycles.